The number of cyclic esters (lactones) is 1. The topological polar surface area (TPSA) is 117 Å². The Bertz CT molecular complexity index is 1190. The van der Waals surface area contributed by atoms with Gasteiger partial charge in [0.05, 0.1) is 13.0 Å². The molecule has 3 amide bonds. The zero-order chi connectivity index (χ0) is 27.9. The average molecular weight is 549 g/mol. The number of esters is 1. The molecule has 40 heavy (non-hydrogen) atoms. The van der Waals surface area contributed by atoms with E-state index in [1.807, 2.05) is 65.7 Å². The molecule has 212 valence electrons. The summed E-state index contributed by atoms with van der Waals surface area (Å²) in [6.07, 6.45) is 2.43. The summed E-state index contributed by atoms with van der Waals surface area (Å²) >= 11 is 0. The van der Waals surface area contributed by atoms with Crippen LogP contribution in [0.3, 0.4) is 0 Å². The van der Waals surface area contributed by atoms with Crippen molar-refractivity contribution >= 4 is 23.7 Å². The molecule has 0 aromatic heterocycles. The number of amides is 3. The zero-order valence-corrected chi connectivity index (χ0v) is 22.5. The Kier molecular flexibility index (Phi) is 9.08. The molecule has 0 aliphatic carbocycles. The second-order valence-electron chi connectivity index (χ2n) is 10.5. The summed E-state index contributed by atoms with van der Waals surface area (Å²) in [4.78, 5) is 52.1. The number of nitrogens with one attached hydrogen (secondary N) is 2. The van der Waals surface area contributed by atoms with Crippen LogP contribution >= 0.6 is 0 Å². The summed E-state index contributed by atoms with van der Waals surface area (Å²) in [5.41, 5.74) is 1.98. The van der Waals surface area contributed by atoms with Crippen molar-refractivity contribution in [2.45, 2.75) is 76.0 Å². The van der Waals surface area contributed by atoms with E-state index in [1.165, 1.54) is 5.01 Å². The monoisotopic (exact) mass is 548 g/mol. The van der Waals surface area contributed by atoms with Gasteiger partial charge in [-0.3, -0.25) is 24.2 Å². The first-order chi connectivity index (χ1) is 19.5. The normalized spacial score (nSPS) is 25.1. The number of rotatable bonds is 9. The predicted octanol–water partition coefficient (Wildman–Crippen LogP) is 2.08. The van der Waals surface area contributed by atoms with Crippen LogP contribution in [0.2, 0.25) is 0 Å². The highest BCUT2D eigenvalue weighted by Gasteiger charge is 2.44. The van der Waals surface area contributed by atoms with Crippen molar-refractivity contribution in [2.24, 2.45) is 0 Å². The zero-order valence-electron chi connectivity index (χ0n) is 22.5. The van der Waals surface area contributed by atoms with Crippen LogP contribution in [0.1, 0.15) is 49.7 Å². The van der Waals surface area contributed by atoms with Crippen molar-refractivity contribution in [3.05, 3.63) is 71.8 Å². The summed E-state index contributed by atoms with van der Waals surface area (Å²) in [5.74, 6) is -1.27. The number of nitrogens with zero attached hydrogens (tertiary/aromatic N) is 2. The number of fused-ring (bicyclic) bond motifs is 1. The van der Waals surface area contributed by atoms with Crippen molar-refractivity contribution in [2.75, 3.05) is 13.1 Å². The number of hydrogen-bond acceptors (Lipinski definition) is 7. The Morgan fingerprint density at radius 2 is 1.57 bits per heavy atom. The van der Waals surface area contributed by atoms with E-state index in [0.29, 0.717) is 32.4 Å². The molecule has 3 fully saturated rings. The first kappa shape index (κ1) is 27.8. The van der Waals surface area contributed by atoms with Crippen molar-refractivity contribution in [1.29, 1.82) is 0 Å². The largest absolute Gasteiger partial charge is 0.433 e. The quantitative estimate of drug-likeness (QED) is 0.461. The molecule has 0 saturated carbocycles. The lowest BCUT2D eigenvalue weighted by Crippen LogP contribution is -2.63. The fourth-order valence-corrected chi connectivity index (χ4v) is 5.55. The van der Waals surface area contributed by atoms with Gasteiger partial charge in [-0.25, -0.2) is 5.01 Å². The minimum atomic E-state index is -0.909. The minimum absolute atomic E-state index is 0.00429. The molecule has 2 N–H and O–H groups in total. The van der Waals surface area contributed by atoms with Gasteiger partial charge in [-0.05, 0) is 43.2 Å². The SMILES string of the molecule is O=C(CCc1ccccc1)NC1CCCN2CCCC(C(=O)NC3CC(=O)OC3OCc3ccccc3)N2C1=O. The lowest BCUT2D eigenvalue weighted by molar-refractivity contribution is -0.172. The third kappa shape index (κ3) is 6.86. The molecule has 0 spiro atoms. The van der Waals surface area contributed by atoms with Crippen LogP contribution in [0, 0.1) is 0 Å². The van der Waals surface area contributed by atoms with Gasteiger partial charge in [-0.1, -0.05) is 60.7 Å². The number of ether oxygens (including phenoxy) is 2. The summed E-state index contributed by atoms with van der Waals surface area (Å²) in [5, 5.41) is 9.29. The maximum absolute atomic E-state index is 13.7. The smallest absolute Gasteiger partial charge is 0.310 e. The molecule has 10 nitrogen and oxygen atoms in total. The maximum Gasteiger partial charge on any atom is 0.310 e. The summed E-state index contributed by atoms with van der Waals surface area (Å²) in [6, 6.07) is 17.1. The first-order valence-corrected chi connectivity index (χ1v) is 14.0. The van der Waals surface area contributed by atoms with Crippen LogP contribution in [0.5, 0.6) is 0 Å². The van der Waals surface area contributed by atoms with E-state index in [9.17, 15) is 19.2 Å². The Balaban J connectivity index is 1.21. The summed E-state index contributed by atoms with van der Waals surface area (Å²) in [7, 11) is 0. The molecule has 0 bridgehead atoms. The van der Waals surface area contributed by atoms with Gasteiger partial charge >= 0.3 is 5.97 Å². The fraction of sp³-hybridized carbons (Fsp3) is 0.467. The highest BCUT2D eigenvalue weighted by Crippen LogP contribution is 2.25. The predicted molar refractivity (Wildman–Crippen MR) is 145 cm³/mol. The summed E-state index contributed by atoms with van der Waals surface area (Å²) in [6.45, 7) is 1.52. The summed E-state index contributed by atoms with van der Waals surface area (Å²) < 4.78 is 11.2. The van der Waals surface area contributed by atoms with Crippen molar-refractivity contribution in [3.8, 4) is 0 Å². The van der Waals surface area contributed by atoms with E-state index in [-0.39, 0.29) is 37.2 Å². The van der Waals surface area contributed by atoms with E-state index in [0.717, 1.165) is 24.0 Å². The van der Waals surface area contributed by atoms with E-state index in [1.54, 1.807) is 0 Å². The van der Waals surface area contributed by atoms with Gasteiger partial charge in [0.15, 0.2) is 0 Å². The van der Waals surface area contributed by atoms with Crippen LogP contribution in [0.15, 0.2) is 60.7 Å². The second kappa shape index (κ2) is 13.1. The van der Waals surface area contributed by atoms with Crippen LogP contribution < -0.4 is 10.6 Å². The lowest BCUT2D eigenvalue weighted by Gasteiger charge is -2.43. The van der Waals surface area contributed by atoms with Gasteiger partial charge in [-0.15, -0.1) is 0 Å². The van der Waals surface area contributed by atoms with E-state index < -0.39 is 30.4 Å². The van der Waals surface area contributed by atoms with Gasteiger partial charge < -0.3 is 20.1 Å². The second-order valence-corrected chi connectivity index (χ2v) is 10.5. The highest BCUT2D eigenvalue weighted by molar-refractivity contribution is 5.92. The molecule has 0 radical (unpaired) electrons. The molecule has 4 unspecified atom stereocenters. The molecular formula is C30H36N4O6. The number of aryl methyl sites for hydroxylation is 1. The van der Waals surface area contributed by atoms with Crippen molar-refractivity contribution < 1.29 is 28.7 Å². The van der Waals surface area contributed by atoms with Gasteiger partial charge in [0.25, 0.3) is 5.91 Å². The Hall–Kier alpha value is -3.76. The molecule has 5 rings (SSSR count). The Morgan fingerprint density at radius 1 is 0.900 bits per heavy atom. The molecule has 3 heterocycles. The number of carbonyl (C=O) groups excluding carboxylic acids is 4. The molecule has 3 aliphatic rings. The molecule has 10 heteroatoms. The Labute approximate surface area is 234 Å². The highest BCUT2D eigenvalue weighted by atomic mass is 16.7. The molecule has 2 aromatic rings. The van der Waals surface area contributed by atoms with Gasteiger partial charge in [0, 0.05) is 19.5 Å². The number of hydrazine groups is 1. The van der Waals surface area contributed by atoms with E-state index in [4.69, 9.17) is 9.47 Å². The van der Waals surface area contributed by atoms with Gasteiger partial charge in [-0.2, -0.15) is 0 Å². The number of hydrogen-bond donors (Lipinski definition) is 2. The van der Waals surface area contributed by atoms with Crippen molar-refractivity contribution in [3.63, 3.8) is 0 Å². The molecule has 4 atom stereocenters. The third-order valence-electron chi connectivity index (χ3n) is 7.60. The van der Waals surface area contributed by atoms with Crippen LogP contribution in [0.4, 0.5) is 0 Å². The average Bonchev–Trinajstić information content (AvgIpc) is 3.24. The van der Waals surface area contributed by atoms with Crippen LogP contribution in [-0.4, -0.2) is 71.2 Å². The lowest BCUT2D eigenvalue weighted by atomic mass is 10.0. The van der Waals surface area contributed by atoms with Crippen LogP contribution in [0.25, 0.3) is 0 Å². The number of benzene rings is 2. The molecule has 3 aliphatic heterocycles. The van der Waals surface area contributed by atoms with Crippen LogP contribution in [-0.2, 0) is 41.7 Å². The molecular weight excluding hydrogens is 512 g/mol. The van der Waals surface area contributed by atoms with Gasteiger partial charge in [0.1, 0.15) is 18.1 Å². The molecule has 3 saturated heterocycles. The van der Waals surface area contributed by atoms with Crippen molar-refractivity contribution in [1.82, 2.24) is 20.7 Å². The first-order valence-electron chi connectivity index (χ1n) is 14.0. The fourth-order valence-electron chi connectivity index (χ4n) is 5.55. The van der Waals surface area contributed by atoms with Gasteiger partial charge in [0.2, 0.25) is 18.1 Å². The molecule has 2 aromatic carbocycles. The maximum atomic E-state index is 13.7. The minimum Gasteiger partial charge on any atom is -0.433 e. The standard InChI is InChI=1S/C30H36N4O6/c35-26(16-15-21-9-3-1-4-10-21)31-23-13-7-17-33-18-8-14-25(34(33)29(23)38)28(37)32-24-19-27(36)40-30(24)39-20-22-11-5-2-6-12-22/h1-6,9-12,23-25,30H,7-8,13-20H2,(H,31,35)(H,32,37). The van der Waals surface area contributed by atoms with E-state index in [2.05, 4.69) is 10.6 Å². The Morgan fingerprint density at radius 3 is 2.30 bits per heavy atom. The number of carbonyl (C=O) groups is 4. The van der Waals surface area contributed by atoms with E-state index >= 15 is 0 Å². The third-order valence-corrected chi connectivity index (χ3v) is 7.60.